The Balaban J connectivity index is 1.34. The van der Waals surface area contributed by atoms with Crippen molar-refractivity contribution in [2.45, 2.75) is 32.2 Å². The first kappa shape index (κ1) is 21.6. The molecular formula is C28H25N3O3. The quantitative estimate of drug-likeness (QED) is 0.342. The highest BCUT2D eigenvalue weighted by Crippen LogP contribution is 2.32. The fourth-order valence-electron chi connectivity index (χ4n) is 3.80. The molecule has 1 aromatic heterocycles. The summed E-state index contributed by atoms with van der Waals surface area (Å²) in [7, 11) is 0. The molecule has 0 fully saturated rings. The van der Waals surface area contributed by atoms with Gasteiger partial charge in [0.15, 0.2) is 0 Å². The molecule has 0 radical (unpaired) electrons. The molecule has 170 valence electrons. The molecule has 0 aliphatic carbocycles. The van der Waals surface area contributed by atoms with E-state index in [-0.39, 0.29) is 6.10 Å². The summed E-state index contributed by atoms with van der Waals surface area (Å²) in [5, 5.41) is 4.31. The van der Waals surface area contributed by atoms with Crippen LogP contribution in [0.15, 0.2) is 102 Å². The molecule has 4 aromatic rings. The van der Waals surface area contributed by atoms with E-state index in [0.29, 0.717) is 37.7 Å². The number of oxime groups is 1. The lowest BCUT2D eigenvalue weighted by Gasteiger charge is -2.16. The minimum absolute atomic E-state index is 0.133. The van der Waals surface area contributed by atoms with Crippen molar-refractivity contribution in [3.05, 3.63) is 120 Å². The van der Waals surface area contributed by atoms with Crippen molar-refractivity contribution in [1.82, 2.24) is 9.97 Å². The zero-order valence-electron chi connectivity index (χ0n) is 18.7. The molecule has 6 heteroatoms. The lowest BCUT2D eigenvalue weighted by molar-refractivity contribution is 0.0841. The summed E-state index contributed by atoms with van der Waals surface area (Å²) < 4.78 is 12.3. The fourth-order valence-corrected chi connectivity index (χ4v) is 3.80. The standard InChI is InChI=1S/C28H25N3O3/c1-4-10-21(11-5-1)18-32-27-26(17-24-16-25(31-34-24)23-14-8-3-9-15-23)29-20-30-28(27)33-19-22-12-6-2-7-13-22/h1-15,20,24H,16-19H2. The second kappa shape index (κ2) is 10.6. The van der Waals surface area contributed by atoms with Crippen molar-refractivity contribution in [3.8, 4) is 11.6 Å². The van der Waals surface area contributed by atoms with Crippen LogP contribution < -0.4 is 9.47 Å². The number of benzene rings is 3. The maximum Gasteiger partial charge on any atom is 0.260 e. The molecule has 1 aliphatic rings. The van der Waals surface area contributed by atoms with E-state index in [1.807, 2.05) is 91.0 Å². The van der Waals surface area contributed by atoms with Crippen LogP contribution >= 0.6 is 0 Å². The minimum atomic E-state index is -0.133. The van der Waals surface area contributed by atoms with E-state index >= 15 is 0 Å². The Kier molecular flexibility index (Phi) is 6.76. The highest BCUT2D eigenvalue weighted by molar-refractivity contribution is 6.01. The minimum Gasteiger partial charge on any atom is -0.482 e. The van der Waals surface area contributed by atoms with Gasteiger partial charge in [-0.1, -0.05) is 96.2 Å². The second-order valence-corrected chi connectivity index (χ2v) is 8.04. The predicted octanol–water partition coefficient (Wildman–Crippen LogP) is 5.37. The second-order valence-electron chi connectivity index (χ2n) is 8.04. The van der Waals surface area contributed by atoms with Gasteiger partial charge in [0.25, 0.3) is 5.88 Å². The maximum absolute atomic E-state index is 6.22. The summed E-state index contributed by atoms with van der Waals surface area (Å²) in [5.41, 5.74) is 4.85. The van der Waals surface area contributed by atoms with Gasteiger partial charge in [-0.2, -0.15) is 4.98 Å². The molecule has 34 heavy (non-hydrogen) atoms. The van der Waals surface area contributed by atoms with Crippen LogP contribution in [0.2, 0.25) is 0 Å². The average molecular weight is 452 g/mol. The van der Waals surface area contributed by atoms with Crippen molar-refractivity contribution in [3.63, 3.8) is 0 Å². The summed E-state index contributed by atoms with van der Waals surface area (Å²) in [4.78, 5) is 14.6. The molecule has 0 spiro atoms. The van der Waals surface area contributed by atoms with E-state index in [4.69, 9.17) is 14.3 Å². The number of hydrogen-bond acceptors (Lipinski definition) is 6. The van der Waals surface area contributed by atoms with Crippen molar-refractivity contribution in [1.29, 1.82) is 0 Å². The highest BCUT2D eigenvalue weighted by atomic mass is 16.6. The van der Waals surface area contributed by atoms with E-state index in [2.05, 4.69) is 15.1 Å². The van der Waals surface area contributed by atoms with Gasteiger partial charge in [-0.3, -0.25) is 0 Å². The zero-order chi connectivity index (χ0) is 23.0. The zero-order valence-corrected chi connectivity index (χ0v) is 18.7. The largest absolute Gasteiger partial charge is 0.482 e. The molecular weight excluding hydrogens is 426 g/mol. The molecule has 0 bridgehead atoms. The van der Waals surface area contributed by atoms with Crippen LogP contribution in [-0.2, 0) is 24.5 Å². The van der Waals surface area contributed by atoms with Crippen LogP contribution in [-0.4, -0.2) is 21.8 Å². The Morgan fingerprint density at radius 3 is 2.03 bits per heavy atom. The SMILES string of the molecule is c1ccc(COc2ncnc(CC3CC(c4ccccc4)=NO3)c2OCc2ccccc2)cc1. The lowest BCUT2D eigenvalue weighted by Crippen LogP contribution is -2.15. The smallest absolute Gasteiger partial charge is 0.260 e. The van der Waals surface area contributed by atoms with E-state index in [0.717, 1.165) is 28.1 Å². The Hall–Kier alpha value is -4.19. The highest BCUT2D eigenvalue weighted by Gasteiger charge is 2.26. The number of hydrogen-bond donors (Lipinski definition) is 0. The Morgan fingerprint density at radius 2 is 1.35 bits per heavy atom. The van der Waals surface area contributed by atoms with Gasteiger partial charge in [-0.05, 0) is 16.7 Å². The van der Waals surface area contributed by atoms with Gasteiger partial charge in [-0.15, -0.1) is 0 Å². The van der Waals surface area contributed by atoms with Crippen molar-refractivity contribution < 1.29 is 14.3 Å². The molecule has 2 heterocycles. The molecule has 1 aliphatic heterocycles. The van der Waals surface area contributed by atoms with Crippen LogP contribution in [0.4, 0.5) is 0 Å². The monoisotopic (exact) mass is 451 g/mol. The van der Waals surface area contributed by atoms with Crippen LogP contribution in [0.1, 0.15) is 28.8 Å². The molecule has 0 saturated heterocycles. The summed E-state index contributed by atoms with van der Waals surface area (Å²) in [6.45, 7) is 0.778. The predicted molar refractivity (Wildman–Crippen MR) is 130 cm³/mol. The molecule has 1 unspecified atom stereocenters. The first-order valence-corrected chi connectivity index (χ1v) is 11.3. The average Bonchev–Trinajstić information content (AvgIpc) is 3.37. The van der Waals surface area contributed by atoms with Crippen LogP contribution in [0, 0.1) is 0 Å². The maximum atomic E-state index is 6.22. The normalized spacial score (nSPS) is 14.8. The van der Waals surface area contributed by atoms with E-state index in [9.17, 15) is 0 Å². The van der Waals surface area contributed by atoms with Gasteiger partial charge in [0.2, 0.25) is 5.75 Å². The van der Waals surface area contributed by atoms with Crippen LogP contribution in [0.5, 0.6) is 11.6 Å². The van der Waals surface area contributed by atoms with E-state index in [1.165, 1.54) is 6.33 Å². The lowest BCUT2D eigenvalue weighted by atomic mass is 10.0. The van der Waals surface area contributed by atoms with Crippen molar-refractivity contribution in [2.24, 2.45) is 5.16 Å². The number of ether oxygens (including phenoxy) is 2. The summed E-state index contributed by atoms with van der Waals surface area (Å²) in [6.07, 6.45) is 2.62. The number of rotatable bonds is 9. The van der Waals surface area contributed by atoms with Gasteiger partial charge in [0.1, 0.15) is 25.6 Å². The van der Waals surface area contributed by atoms with Crippen molar-refractivity contribution >= 4 is 5.71 Å². The van der Waals surface area contributed by atoms with Gasteiger partial charge < -0.3 is 14.3 Å². The van der Waals surface area contributed by atoms with Crippen LogP contribution in [0.25, 0.3) is 0 Å². The Morgan fingerprint density at radius 1 is 0.735 bits per heavy atom. The summed E-state index contributed by atoms with van der Waals surface area (Å²) in [6, 6.07) is 30.1. The number of nitrogens with zero attached hydrogens (tertiary/aromatic N) is 3. The molecule has 6 nitrogen and oxygen atoms in total. The molecule has 0 amide bonds. The first-order chi connectivity index (χ1) is 16.8. The Labute approximate surface area is 198 Å². The fraction of sp³-hybridized carbons (Fsp3) is 0.179. The first-order valence-electron chi connectivity index (χ1n) is 11.3. The molecule has 0 saturated carbocycles. The van der Waals surface area contributed by atoms with Crippen molar-refractivity contribution in [2.75, 3.05) is 0 Å². The van der Waals surface area contributed by atoms with E-state index in [1.54, 1.807) is 0 Å². The summed E-state index contributed by atoms with van der Waals surface area (Å²) >= 11 is 0. The van der Waals surface area contributed by atoms with Gasteiger partial charge in [-0.25, -0.2) is 4.98 Å². The third kappa shape index (κ3) is 5.41. The summed E-state index contributed by atoms with van der Waals surface area (Å²) in [5.74, 6) is 0.964. The van der Waals surface area contributed by atoms with Gasteiger partial charge in [0.05, 0.1) is 11.4 Å². The van der Waals surface area contributed by atoms with Gasteiger partial charge >= 0.3 is 0 Å². The molecule has 5 rings (SSSR count). The third-order valence-electron chi connectivity index (χ3n) is 5.55. The van der Waals surface area contributed by atoms with E-state index < -0.39 is 0 Å². The van der Waals surface area contributed by atoms with Gasteiger partial charge in [0, 0.05) is 12.8 Å². The topological polar surface area (TPSA) is 65.8 Å². The third-order valence-corrected chi connectivity index (χ3v) is 5.55. The van der Waals surface area contributed by atoms with Crippen LogP contribution in [0.3, 0.4) is 0 Å². The Bertz CT molecular complexity index is 1230. The molecule has 3 aromatic carbocycles. The molecule has 0 N–H and O–H groups in total. The molecule has 1 atom stereocenters. The number of aromatic nitrogens is 2.